The van der Waals surface area contributed by atoms with Crippen molar-refractivity contribution in [2.24, 2.45) is 5.41 Å². The molecule has 0 unspecified atom stereocenters. The predicted molar refractivity (Wildman–Crippen MR) is 115 cm³/mol. The average Bonchev–Trinajstić information content (AvgIpc) is 3.24. The van der Waals surface area contributed by atoms with Gasteiger partial charge >= 0.3 is 11.9 Å². The summed E-state index contributed by atoms with van der Waals surface area (Å²) >= 11 is 0. The smallest absolute Gasteiger partial charge is 0.356 e. The van der Waals surface area contributed by atoms with Gasteiger partial charge in [0, 0.05) is 12.1 Å². The molecular weight excluding hydrogens is 398 g/mol. The molecule has 3 rings (SSSR count). The summed E-state index contributed by atoms with van der Waals surface area (Å²) in [5.41, 5.74) is 0.636. The number of hydrogen-bond acceptors (Lipinski definition) is 7. The Kier molecular flexibility index (Phi) is 8.06. The van der Waals surface area contributed by atoms with Crippen LogP contribution < -0.4 is 4.74 Å². The van der Waals surface area contributed by atoms with Gasteiger partial charge in [-0.05, 0) is 58.3 Å². The van der Waals surface area contributed by atoms with Crippen molar-refractivity contribution in [1.82, 2.24) is 15.1 Å². The van der Waals surface area contributed by atoms with Gasteiger partial charge in [-0.1, -0.05) is 18.2 Å². The number of benzene rings is 1. The predicted octanol–water partition coefficient (Wildman–Crippen LogP) is 3.20. The average molecular weight is 430 g/mol. The lowest BCUT2D eigenvalue weighted by atomic mass is 9.75. The van der Waals surface area contributed by atoms with Crippen LogP contribution in [0.2, 0.25) is 0 Å². The van der Waals surface area contributed by atoms with Gasteiger partial charge in [-0.25, -0.2) is 4.79 Å². The Bertz CT molecular complexity index is 844. The number of likely N-dealkylation sites (tertiary alicyclic amines) is 1. The van der Waals surface area contributed by atoms with Gasteiger partial charge in [0.15, 0.2) is 0 Å². The minimum atomic E-state index is -0.554. The number of nitrogens with one attached hydrogen (secondary N) is 1. The third-order valence-electron chi connectivity index (χ3n) is 5.71. The molecular formula is C23H31N3O5. The normalized spacial score (nSPS) is 15.9. The standard InChI is InChI=1S/C23H31N3O5/c1-3-29-21(27)20-18(16-24-25-20)17-26-13-10-23(11-14-26,22(28)30-4-2)12-15-31-19-8-6-5-7-9-19/h5-9,16H,3-4,10-15,17H2,1-2H3,(H,24,25). The van der Waals surface area contributed by atoms with Crippen LogP contribution in [0.4, 0.5) is 0 Å². The first kappa shape index (κ1) is 22.8. The van der Waals surface area contributed by atoms with Crippen molar-refractivity contribution in [3.8, 4) is 5.75 Å². The fourth-order valence-electron chi connectivity index (χ4n) is 3.91. The van der Waals surface area contributed by atoms with E-state index in [2.05, 4.69) is 15.1 Å². The van der Waals surface area contributed by atoms with Gasteiger partial charge in [0.05, 0.1) is 31.4 Å². The molecule has 8 nitrogen and oxygen atoms in total. The molecule has 1 saturated heterocycles. The number of para-hydroxylation sites is 1. The first-order chi connectivity index (χ1) is 15.1. The van der Waals surface area contributed by atoms with Crippen LogP contribution in [0.5, 0.6) is 5.75 Å². The second-order valence-corrected chi connectivity index (χ2v) is 7.68. The number of piperidine rings is 1. The minimum absolute atomic E-state index is 0.151. The molecule has 31 heavy (non-hydrogen) atoms. The Morgan fingerprint density at radius 1 is 1.10 bits per heavy atom. The number of nitrogens with zero attached hydrogens (tertiary/aromatic N) is 2. The minimum Gasteiger partial charge on any atom is -0.494 e. The molecule has 0 atom stereocenters. The van der Waals surface area contributed by atoms with E-state index in [1.807, 2.05) is 37.3 Å². The van der Waals surface area contributed by atoms with Crippen LogP contribution in [0.25, 0.3) is 0 Å². The van der Waals surface area contributed by atoms with E-state index in [9.17, 15) is 9.59 Å². The van der Waals surface area contributed by atoms with Crippen LogP contribution in [-0.4, -0.2) is 59.9 Å². The molecule has 0 aliphatic carbocycles. The molecule has 1 N–H and O–H groups in total. The van der Waals surface area contributed by atoms with Crippen molar-refractivity contribution in [3.05, 3.63) is 47.8 Å². The van der Waals surface area contributed by atoms with Crippen molar-refractivity contribution < 1.29 is 23.8 Å². The second kappa shape index (κ2) is 10.9. The van der Waals surface area contributed by atoms with E-state index in [-0.39, 0.29) is 5.97 Å². The molecule has 1 aromatic carbocycles. The van der Waals surface area contributed by atoms with E-state index < -0.39 is 11.4 Å². The van der Waals surface area contributed by atoms with Crippen LogP contribution in [0.1, 0.15) is 49.2 Å². The van der Waals surface area contributed by atoms with Crippen molar-refractivity contribution in [1.29, 1.82) is 0 Å². The molecule has 0 spiro atoms. The maximum atomic E-state index is 12.8. The van der Waals surface area contributed by atoms with Crippen LogP contribution in [0, 0.1) is 5.41 Å². The maximum absolute atomic E-state index is 12.8. The topological polar surface area (TPSA) is 93.8 Å². The SMILES string of the molecule is CCOC(=O)c1[nH]ncc1CN1CCC(CCOc2ccccc2)(C(=O)OCC)CC1. The van der Waals surface area contributed by atoms with Crippen molar-refractivity contribution in [2.45, 2.75) is 39.7 Å². The first-order valence-corrected chi connectivity index (χ1v) is 10.8. The van der Waals surface area contributed by atoms with Crippen molar-refractivity contribution in [2.75, 3.05) is 32.9 Å². The summed E-state index contributed by atoms with van der Waals surface area (Å²) in [5.74, 6) is 0.248. The van der Waals surface area contributed by atoms with Crippen LogP contribution in [-0.2, 0) is 20.8 Å². The third-order valence-corrected chi connectivity index (χ3v) is 5.71. The molecule has 1 aromatic heterocycles. The fraction of sp³-hybridized carbons (Fsp3) is 0.522. The first-order valence-electron chi connectivity index (χ1n) is 10.8. The molecule has 1 aliphatic heterocycles. The number of carbonyl (C=O) groups excluding carboxylic acids is 2. The highest BCUT2D eigenvalue weighted by Crippen LogP contribution is 2.37. The number of ether oxygens (including phenoxy) is 3. The Labute approximate surface area is 182 Å². The van der Waals surface area contributed by atoms with Gasteiger partial charge in [-0.3, -0.25) is 14.8 Å². The van der Waals surface area contributed by atoms with Crippen molar-refractivity contribution >= 4 is 11.9 Å². The van der Waals surface area contributed by atoms with Crippen LogP contribution in [0.15, 0.2) is 36.5 Å². The number of aromatic amines is 1. The monoisotopic (exact) mass is 429 g/mol. The zero-order valence-electron chi connectivity index (χ0n) is 18.3. The Morgan fingerprint density at radius 2 is 1.81 bits per heavy atom. The van der Waals surface area contributed by atoms with Gasteiger partial charge in [0.1, 0.15) is 11.4 Å². The number of esters is 2. The van der Waals surface area contributed by atoms with E-state index in [0.29, 0.717) is 51.3 Å². The Morgan fingerprint density at radius 3 is 2.48 bits per heavy atom. The summed E-state index contributed by atoms with van der Waals surface area (Å²) in [6, 6.07) is 9.61. The summed E-state index contributed by atoms with van der Waals surface area (Å²) in [7, 11) is 0. The molecule has 2 heterocycles. The zero-order chi connectivity index (χ0) is 22.1. The number of H-pyrrole nitrogens is 1. The second-order valence-electron chi connectivity index (χ2n) is 7.68. The summed E-state index contributed by atoms with van der Waals surface area (Å²) in [6.45, 7) is 6.75. The number of carbonyl (C=O) groups is 2. The highest BCUT2D eigenvalue weighted by molar-refractivity contribution is 5.88. The molecule has 0 radical (unpaired) electrons. The van der Waals surface area contributed by atoms with E-state index in [0.717, 1.165) is 24.4 Å². The van der Waals surface area contributed by atoms with E-state index >= 15 is 0 Å². The molecule has 2 aromatic rings. The van der Waals surface area contributed by atoms with Gasteiger partial charge < -0.3 is 14.2 Å². The number of aromatic nitrogens is 2. The Hall–Kier alpha value is -2.87. The van der Waals surface area contributed by atoms with Gasteiger partial charge in [-0.15, -0.1) is 0 Å². The third kappa shape index (κ3) is 5.85. The van der Waals surface area contributed by atoms with Gasteiger partial charge in [0.2, 0.25) is 0 Å². The molecule has 8 heteroatoms. The summed E-state index contributed by atoms with van der Waals surface area (Å²) < 4.78 is 16.4. The largest absolute Gasteiger partial charge is 0.494 e. The zero-order valence-corrected chi connectivity index (χ0v) is 18.3. The molecule has 0 bridgehead atoms. The maximum Gasteiger partial charge on any atom is 0.356 e. The van der Waals surface area contributed by atoms with E-state index in [1.54, 1.807) is 13.1 Å². The van der Waals surface area contributed by atoms with Crippen LogP contribution >= 0.6 is 0 Å². The fourth-order valence-corrected chi connectivity index (χ4v) is 3.91. The summed E-state index contributed by atoms with van der Waals surface area (Å²) in [5, 5.41) is 6.73. The summed E-state index contributed by atoms with van der Waals surface area (Å²) in [4.78, 5) is 27.1. The van der Waals surface area contributed by atoms with Crippen molar-refractivity contribution in [3.63, 3.8) is 0 Å². The highest BCUT2D eigenvalue weighted by atomic mass is 16.5. The van der Waals surface area contributed by atoms with E-state index in [1.165, 1.54) is 0 Å². The highest BCUT2D eigenvalue weighted by Gasteiger charge is 2.42. The molecule has 1 fully saturated rings. The summed E-state index contributed by atoms with van der Waals surface area (Å²) in [6.07, 6.45) is 3.62. The molecule has 0 amide bonds. The lowest BCUT2D eigenvalue weighted by Crippen LogP contribution is -2.45. The van der Waals surface area contributed by atoms with Crippen LogP contribution in [0.3, 0.4) is 0 Å². The lowest BCUT2D eigenvalue weighted by Gasteiger charge is -2.39. The lowest BCUT2D eigenvalue weighted by molar-refractivity contribution is -0.159. The molecule has 1 aliphatic rings. The van der Waals surface area contributed by atoms with Gasteiger partial charge in [0.25, 0.3) is 0 Å². The van der Waals surface area contributed by atoms with E-state index in [4.69, 9.17) is 14.2 Å². The quantitative estimate of drug-likeness (QED) is 0.580. The molecule has 0 saturated carbocycles. The number of rotatable bonds is 10. The Balaban J connectivity index is 1.60. The number of hydrogen-bond donors (Lipinski definition) is 1. The molecule has 168 valence electrons. The van der Waals surface area contributed by atoms with Gasteiger partial charge in [-0.2, -0.15) is 5.10 Å².